The summed E-state index contributed by atoms with van der Waals surface area (Å²) < 4.78 is 14.4. The molecule has 2 aromatic heterocycles. The predicted molar refractivity (Wildman–Crippen MR) is 201 cm³/mol. The standard InChI is InChI=1S/C39H35FN8O5S/c40-28-5-8-33(49)31(20-28)35(36(51)44-38-42-12-18-54-38)48-23-26-2-1-25(19-30(26)37(48)52)24-3-6-29(7-4-24)46-16-14-45(15-17-46)22-27-9-11-41-21-32(27)47-13-10-34(50)43-39(47)53/h1-9,11-12,18-21,35,49H,10,13-17,22-23H2,(H,42,44,51)(H,43,50,53). The number of rotatable bonds is 9. The molecular weight excluding hydrogens is 712 g/mol. The first-order valence-corrected chi connectivity index (χ1v) is 18.3. The third-order valence-electron chi connectivity index (χ3n) is 10.0. The van der Waals surface area contributed by atoms with Crippen LogP contribution in [-0.2, 0) is 22.7 Å². The highest BCUT2D eigenvalue weighted by Crippen LogP contribution is 2.38. The molecule has 0 radical (unpaired) electrons. The third-order valence-corrected chi connectivity index (χ3v) is 10.7. The van der Waals surface area contributed by atoms with E-state index in [-0.39, 0.29) is 30.2 Å². The van der Waals surface area contributed by atoms with Crippen LogP contribution >= 0.6 is 11.3 Å². The van der Waals surface area contributed by atoms with Crippen LogP contribution in [0.15, 0.2) is 90.7 Å². The van der Waals surface area contributed by atoms with Crippen LogP contribution in [0.4, 0.5) is 25.7 Å². The molecule has 3 aliphatic rings. The van der Waals surface area contributed by atoms with E-state index in [0.29, 0.717) is 29.5 Å². The quantitative estimate of drug-likeness (QED) is 0.186. The van der Waals surface area contributed by atoms with Gasteiger partial charge in [0.2, 0.25) is 5.91 Å². The summed E-state index contributed by atoms with van der Waals surface area (Å²) in [6.07, 6.45) is 5.18. The molecule has 0 saturated carbocycles. The number of hydrogen-bond donors (Lipinski definition) is 3. The van der Waals surface area contributed by atoms with Gasteiger partial charge in [-0.3, -0.25) is 39.8 Å². The van der Waals surface area contributed by atoms with Crippen molar-refractivity contribution in [3.05, 3.63) is 119 Å². The van der Waals surface area contributed by atoms with E-state index in [2.05, 4.69) is 42.5 Å². The first-order chi connectivity index (χ1) is 26.2. The number of phenolic OH excluding ortho intramolecular Hbond substituents is 1. The molecule has 5 heterocycles. The van der Waals surface area contributed by atoms with Crippen molar-refractivity contribution in [2.75, 3.05) is 47.8 Å². The minimum absolute atomic E-state index is 0.0193. The zero-order valence-electron chi connectivity index (χ0n) is 28.9. The molecule has 8 rings (SSSR count). The van der Waals surface area contributed by atoms with Gasteiger partial charge in [0, 0.05) is 86.8 Å². The van der Waals surface area contributed by atoms with Gasteiger partial charge in [-0.15, -0.1) is 11.3 Å². The number of piperazine rings is 1. The van der Waals surface area contributed by atoms with Crippen molar-refractivity contribution in [3.63, 3.8) is 0 Å². The number of nitrogens with one attached hydrogen (secondary N) is 2. The van der Waals surface area contributed by atoms with E-state index in [1.165, 1.54) is 28.5 Å². The van der Waals surface area contributed by atoms with Crippen LogP contribution in [0.25, 0.3) is 11.1 Å². The number of nitrogens with zero attached hydrogens (tertiary/aromatic N) is 6. The van der Waals surface area contributed by atoms with Gasteiger partial charge in [-0.05, 0) is 64.7 Å². The Balaban J connectivity index is 0.937. The van der Waals surface area contributed by atoms with Crippen LogP contribution in [0.5, 0.6) is 5.75 Å². The summed E-state index contributed by atoms with van der Waals surface area (Å²) in [5.74, 6) is -2.23. The minimum atomic E-state index is -1.30. The number of halogens is 1. The molecule has 1 atom stereocenters. The fourth-order valence-corrected chi connectivity index (χ4v) is 7.75. The molecule has 2 fully saturated rings. The molecule has 5 aromatic rings. The lowest BCUT2D eigenvalue weighted by molar-refractivity contribution is -0.121. The number of carbonyl (C=O) groups excluding carboxylic acids is 4. The molecule has 1 unspecified atom stereocenters. The molecule has 0 spiro atoms. The number of urea groups is 1. The first-order valence-electron chi connectivity index (χ1n) is 17.5. The summed E-state index contributed by atoms with van der Waals surface area (Å²) in [4.78, 5) is 67.6. The van der Waals surface area contributed by atoms with Gasteiger partial charge in [-0.1, -0.05) is 24.3 Å². The van der Waals surface area contributed by atoms with Crippen molar-refractivity contribution >= 4 is 51.6 Å². The molecule has 0 bridgehead atoms. The van der Waals surface area contributed by atoms with E-state index >= 15 is 0 Å². The summed E-state index contributed by atoms with van der Waals surface area (Å²) in [5.41, 5.74) is 5.64. The van der Waals surface area contributed by atoms with Crippen LogP contribution in [-0.4, -0.2) is 81.4 Å². The average Bonchev–Trinajstić information content (AvgIpc) is 3.81. The van der Waals surface area contributed by atoms with E-state index in [0.717, 1.165) is 66.3 Å². The second-order valence-electron chi connectivity index (χ2n) is 13.3. The Hall–Kier alpha value is -6.19. The Labute approximate surface area is 313 Å². The predicted octanol–water partition coefficient (Wildman–Crippen LogP) is 5.15. The SMILES string of the molecule is O=C1CCN(c2cnccc2CN2CCN(c3ccc(-c4ccc5c(c4)C(=O)N(C(C(=O)Nc4nccs4)c4cc(F)ccc4O)C5)cc3)CC2)C(=O)N1. The van der Waals surface area contributed by atoms with E-state index in [1.54, 1.807) is 22.7 Å². The maximum absolute atomic E-state index is 14.4. The number of aromatic nitrogens is 2. The maximum atomic E-state index is 14.4. The molecule has 3 N–H and O–H groups in total. The van der Waals surface area contributed by atoms with Crippen LogP contribution in [0.2, 0.25) is 0 Å². The Kier molecular flexibility index (Phi) is 9.48. The number of aromatic hydroxyl groups is 1. The molecule has 274 valence electrons. The highest BCUT2D eigenvalue weighted by atomic mass is 32.1. The van der Waals surface area contributed by atoms with Crippen LogP contribution < -0.4 is 20.4 Å². The summed E-state index contributed by atoms with van der Waals surface area (Å²) in [5, 5.41) is 17.8. The molecular formula is C39H35FN8O5S. The lowest BCUT2D eigenvalue weighted by Crippen LogP contribution is -2.50. The van der Waals surface area contributed by atoms with Gasteiger partial charge in [0.25, 0.3) is 11.8 Å². The maximum Gasteiger partial charge on any atom is 0.328 e. The van der Waals surface area contributed by atoms with Gasteiger partial charge in [-0.2, -0.15) is 0 Å². The number of phenols is 1. The number of benzene rings is 3. The Morgan fingerprint density at radius 2 is 1.74 bits per heavy atom. The summed E-state index contributed by atoms with van der Waals surface area (Å²) in [7, 11) is 0. The van der Waals surface area contributed by atoms with Crippen molar-refractivity contribution in [2.45, 2.75) is 25.6 Å². The van der Waals surface area contributed by atoms with Gasteiger partial charge < -0.3 is 14.9 Å². The Morgan fingerprint density at radius 3 is 2.50 bits per heavy atom. The Bertz CT molecular complexity index is 2240. The van der Waals surface area contributed by atoms with Crippen molar-refractivity contribution in [1.82, 2.24) is 25.1 Å². The topological polar surface area (TPSA) is 151 Å². The molecule has 54 heavy (non-hydrogen) atoms. The average molecular weight is 747 g/mol. The van der Waals surface area contributed by atoms with E-state index in [4.69, 9.17) is 0 Å². The molecule has 2 saturated heterocycles. The highest BCUT2D eigenvalue weighted by Gasteiger charge is 2.39. The normalized spacial score (nSPS) is 16.7. The second-order valence-corrected chi connectivity index (χ2v) is 14.2. The molecule has 3 aliphatic heterocycles. The third kappa shape index (κ3) is 6.98. The van der Waals surface area contributed by atoms with Crippen molar-refractivity contribution in [3.8, 4) is 16.9 Å². The summed E-state index contributed by atoms with van der Waals surface area (Å²) in [6, 6.07) is 17.3. The second kappa shape index (κ2) is 14.7. The van der Waals surface area contributed by atoms with Crippen molar-refractivity contribution in [2.24, 2.45) is 0 Å². The van der Waals surface area contributed by atoms with Gasteiger partial charge in [0.1, 0.15) is 17.6 Å². The number of fused-ring (bicyclic) bond motifs is 1. The number of imide groups is 1. The van der Waals surface area contributed by atoms with Gasteiger partial charge in [-0.25, -0.2) is 14.2 Å². The number of anilines is 3. The number of pyridine rings is 1. The summed E-state index contributed by atoms with van der Waals surface area (Å²) in [6.45, 7) is 4.31. The fourth-order valence-electron chi connectivity index (χ4n) is 7.22. The van der Waals surface area contributed by atoms with Gasteiger partial charge >= 0.3 is 6.03 Å². The van der Waals surface area contributed by atoms with Crippen LogP contribution in [0.1, 0.15) is 39.5 Å². The number of amides is 5. The molecule has 5 amide bonds. The number of carbonyl (C=O) groups is 4. The van der Waals surface area contributed by atoms with E-state index in [1.807, 2.05) is 36.4 Å². The highest BCUT2D eigenvalue weighted by molar-refractivity contribution is 7.13. The largest absolute Gasteiger partial charge is 0.508 e. The Morgan fingerprint density at radius 1 is 0.944 bits per heavy atom. The first kappa shape index (κ1) is 34.9. The zero-order chi connectivity index (χ0) is 37.3. The minimum Gasteiger partial charge on any atom is -0.508 e. The number of hydrogen-bond acceptors (Lipinski definition) is 10. The molecule has 0 aliphatic carbocycles. The lowest BCUT2D eigenvalue weighted by Gasteiger charge is -2.37. The van der Waals surface area contributed by atoms with Gasteiger partial charge in [0.05, 0.1) is 11.9 Å². The van der Waals surface area contributed by atoms with Gasteiger partial charge in [0.15, 0.2) is 5.13 Å². The fraction of sp³-hybridized carbons (Fsp3) is 0.231. The van der Waals surface area contributed by atoms with Crippen LogP contribution in [0.3, 0.4) is 0 Å². The van der Waals surface area contributed by atoms with Crippen molar-refractivity contribution < 1.29 is 28.7 Å². The van der Waals surface area contributed by atoms with Crippen molar-refractivity contribution in [1.29, 1.82) is 0 Å². The number of thiazole rings is 1. The summed E-state index contributed by atoms with van der Waals surface area (Å²) >= 11 is 1.21. The smallest absolute Gasteiger partial charge is 0.328 e. The van der Waals surface area contributed by atoms with Crippen LogP contribution in [0, 0.1) is 5.82 Å². The lowest BCUT2D eigenvalue weighted by atomic mass is 10.00. The van der Waals surface area contributed by atoms with E-state index < -0.39 is 29.7 Å². The zero-order valence-corrected chi connectivity index (χ0v) is 29.8. The monoisotopic (exact) mass is 746 g/mol. The molecule has 13 nitrogen and oxygen atoms in total. The molecule has 15 heteroatoms. The molecule has 3 aromatic carbocycles. The van der Waals surface area contributed by atoms with E-state index in [9.17, 15) is 28.7 Å².